The van der Waals surface area contributed by atoms with Crippen molar-refractivity contribution in [1.29, 1.82) is 0 Å². The van der Waals surface area contributed by atoms with Crippen LogP contribution in [-0.4, -0.2) is 44.4 Å². The molecule has 20 heavy (non-hydrogen) atoms. The summed E-state index contributed by atoms with van der Waals surface area (Å²) in [4.78, 5) is 28.8. The summed E-state index contributed by atoms with van der Waals surface area (Å²) in [5.41, 5.74) is 0.499. The van der Waals surface area contributed by atoms with Crippen LogP contribution in [0.2, 0.25) is 0 Å². The zero-order valence-electron chi connectivity index (χ0n) is 12.1. The van der Waals surface area contributed by atoms with Gasteiger partial charge in [0.1, 0.15) is 5.57 Å². The number of methoxy groups -OCH3 is 1. The third-order valence-corrected chi connectivity index (χ3v) is 2.55. The van der Waals surface area contributed by atoms with Crippen LogP contribution in [0.4, 0.5) is 0 Å². The quantitative estimate of drug-likeness (QED) is 0.677. The average Bonchev–Trinajstić information content (AvgIpc) is 2.46. The Kier molecular flexibility index (Phi) is 6.05. The van der Waals surface area contributed by atoms with Crippen molar-refractivity contribution in [1.82, 2.24) is 5.06 Å². The summed E-state index contributed by atoms with van der Waals surface area (Å²) in [5.74, 6) is -0.869. The highest BCUT2D eigenvalue weighted by Gasteiger charge is 2.30. The summed E-state index contributed by atoms with van der Waals surface area (Å²) in [6, 6.07) is 0. The maximum atomic E-state index is 11.9. The van der Waals surface area contributed by atoms with Crippen LogP contribution in [0.15, 0.2) is 23.2 Å². The maximum Gasteiger partial charge on any atom is 0.339 e. The Morgan fingerprint density at radius 3 is 2.25 bits per heavy atom. The van der Waals surface area contributed by atoms with Gasteiger partial charge in [-0.2, -0.15) is 5.06 Å². The lowest BCUT2D eigenvalue weighted by atomic mass is 10.0. The van der Waals surface area contributed by atoms with E-state index in [1.54, 1.807) is 13.8 Å². The molecule has 0 fully saturated rings. The van der Waals surface area contributed by atoms with Crippen LogP contribution in [0.5, 0.6) is 0 Å². The standard InChI is InChI=1S/C13H19NO6/c1-5-19-12(15)9-7-10(13(16)20-6-2)11(17-3)14(8-9)18-4/h8H,5-7H2,1-4H3. The van der Waals surface area contributed by atoms with E-state index in [2.05, 4.69) is 0 Å². The topological polar surface area (TPSA) is 74.3 Å². The molecule has 0 bridgehead atoms. The van der Waals surface area contributed by atoms with Gasteiger partial charge in [-0.15, -0.1) is 0 Å². The smallest absolute Gasteiger partial charge is 0.339 e. The molecule has 0 atom stereocenters. The normalized spacial score (nSPS) is 14.8. The Morgan fingerprint density at radius 2 is 1.75 bits per heavy atom. The molecule has 1 rings (SSSR count). The molecular weight excluding hydrogens is 266 g/mol. The molecule has 0 saturated heterocycles. The van der Waals surface area contributed by atoms with E-state index >= 15 is 0 Å². The number of hydrogen-bond acceptors (Lipinski definition) is 7. The molecule has 1 heterocycles. The number of hydrogen-bond donors (Lipinski definition) is 0. The van der Waals surface area contributed by atoms with E-state index in [9.17, 15) is 9.59 Å². The molecular formula is C13H19NO6. The van der Waals surface area contributed by atoms with Gasteiger partial charge in [0.05, 0.1) is 33.0 Å². The fourth-order valence-electron chi connectivity index (χ4n) is 1.72. The average molecular weight is 285 g/mol. The first-order valence-electron chi connectivity index (χ1n) is 6.24. The van der Waals surface area contributed by atoms with Gasteiger partial charge in [-0.1, -0.05) is 0 Å². The zero-order chi connectivity index (χ0) is 15.1. The first-order valence-corrected chi connectivity index (χ1v) is 6.24. The number of hydroxylamine groups is 2. The lowest BCUT2D eigenvalue weighted by Gasteiger charge is -2.26. The van der Waals surface area contributed by atoms with E-state index in [-0.39, 0.29) is 36.7 Å². The van der Waals surface area contributed by atoms with Crippen molar-refractivity contribution in [2.45, 2.75) is 20.3 Å². The van der Waals surface area contributed by atoms with E-state index in [1.165, 1.54) is 25.5 Å². The highest BCUT2D eigenvalue weighted by Crippen LogP contribution is 2.27. The molecule has 0 aliphatic carbocycles. The van der Waals surface area contributed by atoms with Gasteiger partial charge in [0.25, 0.3) is 0 Å². The van der Waals surface area contributed by atoms with Crippen LogP contribution >= 0.6 is 0 Å². The molecule has 0 radical (unpaired) electrons. The molecule has 0 amide bonds. The molecule has 0 saturated carbocycles. The predicted octanol–water partition coefficient (Wildman–Crippen LogP) is 1.12. The zero-order valence-corrected chi connectivity index (χ0v) is 12.1. The number of ether oxygens (including phenoxy) is 3. The predicted molar refractivity (Wildman–Crippen MR) is 68.8 cm³/mol. The Bertz CT molecular complexity index is 440. The molecule has 7 heteroatoms. The third kappa shape index (κ3) is 3.51. The molecule has 1 aliphatic heterocycles. The van der Waals surface area contributed by atoms with Gasteiger partial charge in [0.2, 0.25) is 5.88 Å². The molecule has 0 spiro atoms. The molecule has 0 unspecified atom stereocenters. The fourth-order valence-corrected chi connectivity index (χ4v) is 1.72. The van der Waals surface area contributed by atoms with Gasteiger partial charge >= 0.3 is 11.9 Å². The minimum atomic E-state index is -0.554. The van der Waals surface area contributed by atoms with Crippen LogP contribution in [0, 0.1) is 0 Å². The second-order valence-corrected chi connectivity index (χ2v) is 3.77. The second-order valence-electron chi connectivity index (χ2n) is 3.77. The van der Waals surface area contributed by atoms with Crippen molar-refractivity contribution in [2.24, 2.45) is 0 Å². The Morgan fingerprint density at radius 1 is 1.15 bits per heavy atom. The van der Waals surface area contributed by atoms with Crippen LogP contribution in [0.3, 0.4) is 0 Å². The lowest BCUT2D eigenvalue weighted by molar-refractivity contribution is -0.143. The van der Waals surface area contributed by atoms with E-state index in [0.29, 0.717) is 0 Å². The molecule has 1 aliphatic rings. The van der Waals surface area contributed by atoms with Crippen LogP contribution in [0.25, 0.3) is 0 Å². The number of rotatable bonds is 6. The SMILES string of the molecule is CCOC(=O)C1=CN(OC)C(OC)=C(C(=O)OCC)C1. The van der Waals surface area contributed by atoms with Crippen molar-refractivity contribution in [3.63, 3.8) is 0 Å². The summed E-state index contributed by atoms with van der Waals surface area (Å²) in [6.45, 7) is 3.88. The number of carbonyl (C=O) groups is 2. The van der Waals surface area contributed by atoms with Crippen molar-refractivity contribution in [3.8, 4) is 0 Å². The monoisotopic (exact) mass is 285 g/mol. The van der Waals surface area contributed by atoms with Crippen molar-refractivity contribution in [2.75, 3.05) is 27.4 Å². The van der Waals surface area contributed by atoms with Gasteiger partial charge in [-0.25, -0.2) is 9.59 Å². The van der Waals surface area contributed by atoms with E-state index in [0.717, 1.165) is 0 Å². The summed E-state index contributed by atoms with van der Waals surface area (Å²) in [7, 11) is 2.80. The van der Waals surface area contributed by atoms with Gasteiger partial charge < -0.3 is 14.2 Å². The minimum Gasteiger partial charge on any atom is -0.480 e. The van der Waals surface area contributed by atoms with Crippen LogP contribution in [-0.2, 0) is 28.6 Å². The van der Waals surface area contributed by atoms with Crippen molar-refractivity contribution < 1.29 is 28.6 Å². The van der Waals surface area contributed by atoms with Crippen LogP contribution in [0.1, 0.15) is 20.3 Å². The maximum absolute atomic E-state index is 11.9. The Balaban J connectivity index is 3.07. The van der Waals surface area contributed by atoms with E-state index in [1.807, 2.05) is 0 Å². The highest BCUT2D eigenvalue weighted by atomic mass is 16.7. The Labute approximate surface area is 117 Å². The van der Waals surface area contributed by atoms with Crippen LogP contribution < -0.4 is 0 Å². The van der Waals surface area contributed by atoms with Gasteiger partial charge in [0, 0.05) is 12.6 Å². The summed E-state index contributed by atoms with van der Waals surface area (Å²) >= 11 is 0. The van der Waals surface area contributed by atoms with Gasteiger partial charge in [-0.3, -0.25) is 4.84 Å². The lowest BCUT2D eigenvalue weighted by Crippen LogP contribution is -2.28. The molecule has 0 aromatic heterocycles. The van der Waals surface area contributed by atoms with Gasteiger partial charge in [0.15, 0.2) is 0 Å². The molecule has 112 valence electrons. The molecule has 0 aromatic carbocycles. The summed E-state index contributed by atoms with van der Waals surface area (Å²) in [5, 5.41) is 1.20. The first-order chi connectivity index (χ1) is 9.58. The van der Waals surface area contributed by atoms with E-state index in [4.69, 9.17) is 19.0 Å². The number of nitrogens with zero attached hydrogens (tertiary/aromatic N) is 1. The summed E-state index contributed by atoms with van der Waals surface area (Å²) < 4.78 is 15.0. The molecule has 7 nitrogen and oxygen atoms in total. The van der Waals surface area contributed by atoms with Gasteiger partial charge in [-0.05, 0) is 13.8 Å². The minimum absolute atomic E-state index is 0.0701. The number of esters is 2. The number of carbonyl (C=O) groups excluding carboxylic acids is 2. The molecule has 0 N–H and O–H groups in total. The Hall–Kier alpha value is -2.02. The highest BCUT2D eigenvalue weighted by molar-refractivity contribution is 5.95. The third-order valence-electron chi connectivity index (χ3n) is 2.55. The van der Waals surface area contributed by atoms with Crippen molar-refractivity contribution in [3.05, 3.63) is 23.2 Å². The van der Waals surface area contributed by atoms with Crippen molar-refractivity contribution >= 4 is 11.9 Å². The largest absolute Gasteiger partial charge is 0.480 e. The summed E-state index contributed by atoms with van der Waals surface area (Å²) in [6.07, 6.45) is 1.50. The second kappa shape index (κ2) is 7.54. The fraction of sp³-hybridized carbons (Fsp3) is 0.538. The van der Waals surface area contributed by atoms with E-state index < -0.39 is 11.9 Å². The molecule has 0 aromatic rings. The first kappa shape index (κ1) is 16.0.